The van der Waals surface area contributed by atoms with Crippen LogP contribution in [0.15, 0.2) is 48.7 Å². The van der Waals surface area contributed by atoms with Crippen molar-refractivity contribution in [1.82, 2.24) is 10.3 Å². The van der Waals surface area contributed by atoms with Crippen molar-refractivity contribution in [2.24, 2.45) is 0 Å². The third-order valence-corrected chi connectivity index (χ3v) is 6.95. The second kappa shape index (κ2) is 15.9. The van der Waals surface area contributed by atoms with Gasteiger partial charge >= 0.3 is 12.1 Å². The lowest BCUT2D eigenvalue weighted by molar-refractivity contribution is -0.143. The zero-order chi connectivity index (χ0) is 32.5. The molecule has 1 N–H and O–H groups in total. The molecule has 232 valence electrons. The van der Waals surface area contributed by atoms with E-state index in [1.165, 1.54) is 31.3 Å². The van der Waals surface area contributed by atoms with Gasteiger partial charge in [0.2, 0.25) is 0 Å². The van der Waals surface area contributed by atoms with Gasteiger partial charge in [-0.1, -0.05) is 59.1 Å². The van der Waals surface area contributed by atoms with Crippen LogP contribution in [0, 0.1) is 13.8 Å². The molecule has 1 aromatic heterocycles. The Balaban J connectivity index is 0.000000304. The summed E-state index contributed by atoms with van der Waals surface area (Å²) < 4.78 is 47.2. The number of pyridine rings is 1. The average Bonchev–Trinajstić information content (AvgIpc) is 2.93. The zero-order valence-corrected chi connectivity index (χ0v) is 26.1. The summed E-state index contributed by atoms with van der Waals surface area (Å²) in [5.74, 6) is -1.32. The maximum Gasteiger partial charge on any atom is 0.417 e. The van der Waals surface area contributed by atoms with E-state index in [-0.39, 0.29) is 45.4 Å². The summed E-state index contributed by atoms with van der Waals surface area (Å²) in [4.78, 5) is 41.2. The fourth-order valence-electron chi connectivity index (χ4n) is 3.91. The molecule has 1 atom stereocenters. The molecule has 14 heteroatoms. The number of nitrogens with one attached hydrogen (secondary N) is 1. The molecule has 0 bridgehead atoms. The Morgan fingerprint density at radius 1 is 0.977 bits per heavy atom. The van der Waals surface area contributed by atoms with Crippen molar-refractivity contribution in [2.75, 3.05) is 25.7 Å². The number of hydrogen-bond donors (Lipinski definition) is 1. The number of halogens is 6. The molecule has 1 heterocycles. The minimum atomic E-state index is -4.54. The second-order valence-corrected chi connectivity index (χ2v) is 10.3. The van der Waals surface area contributed by atoms with E-state index in [0.717, 1.165) is 22.9 Å². The van der Waals surface area contributed by atoms with Crippen LogP contribution in [-0.4, -0.2) is 49.6 Å². The summed E-state index contributed by atoms with van der Waals surface area (Å²) >= 11 is 17.6. The third kappa shape index (κ3) is 9.56. The predicted octanol–water partition coefficient (Wildman–Crippen LogP) is 6.83. The summed E-state index contributed by atoms with van der Waals surface area (Å²) in [6.07, 6.45) is -3.89. The van der Waals surface area contributed by atoms with Gasteiger partial charge in [0.15, 0.2) is 0 Å². The maximum absolute atomic E-state index is 12.5. The first-order valence-corrected chi connectivity index (χ1v) is 13.7. The highest BCUT2D eigenvalue weighted by atomic mass is 35.5. The van der Waals surface area contributed by atoms with Gasteiger partial charge in [-0.2, -0.15) is 13.2 Å². The number of para-hydroxylation sites is 1. The number of esters is 1. The number of carbonyl (C=O) groups is 3. The van der Waals surface area contributed by atoms with Crippen molar-refractivity contribution >= 4 is 58.3 Å². The molecule has 43 heavy (non-hydrogen) atoms. The number of aromatic nitrogens is 1. The van der Waals surface area contributed by atoms with Gasteiger partial charge in [0, 0.05) is 13.3 Å². The van der Waals surface area contributed by atoms with Gasteiger partial charge < -0.3 is 14.8 Å². The lowest BCUT2D eigenvalue weighted by atomic mass is 10.1. The van der Waals surface area contributed by atoms with Crippen molar-refractivity contribution in [2.45, 2.75) is 39.5 Å². The Kier molecular flexibility index (Phi) is 13.2. The van der Waals surface area contributed by atoms with Gasteiger partial charge in [0.25, 0.3) is 11.8 Å². The van der Waals surface area contributed by atoms with Crippen LogP contribution >= 0.6 is 34.8 Å². The van der Waals surface area contributed by atoms with Gasteiger partial charge in [0.1, 0.15) is 12.6 Å². The van der Waals surface area contributed by atoms with Crippen LogP contribution in [0.5, 0.6) is 0 Å². The summed E-state index contributed by atoms with van der Waals surface area (Å²) in [5, 5.41) is 2.56. The van der Waals surface area contributed by atoms with Crippen molar-refractivity contribution in [3.05, 3.63) is 91.7 Å². The van der Waals surface area contributed by atoms with E-state index in [4.69, 9.17) is 44.3 Å². The number of benzene rings is 2. The summed E-state index contributed by atoms with van der Waals surface area (Å²) in [6, 6.07) is 10.3. The number of ether oxygens (including phenoxy) is 2. The predicted molar refractivity (Wildman–Crippen MR) is 159 cm³/mol. The Morgan fingerprint density at radius 3 is 2.02 bits per heavy atom. The molecule has 0 radical (unpaired) electrons. The minimum absolute atomic E-state index is 0.0684. The Hall–Kier alpha value is -3.38. The van der Waals surface area contributed by atoms with Crippen molar-refractivity contribution in [1.29, 1.82) is 0 Å². The number of hydrogen-bond acceptors (Lipinski definition) is 6. The van der Waals surface area contributed by atoms with E-state index < -0.39 is 29.7 Å². The van der Waals surface area contributed by atoms with Crippen LogP contribution in [0.25, 0.3) is 0 Å². The monoisotopic (exact) mass is 661 g/mol. The summed E-state index contributed by atoms with van der Waals surface area (Å²) in [6.45, 7) is 5.19. The SMILES string of the molecule is COCC(=O)N(c1c(C)cccc1C)[C@H](C)C(=O)OC.O=C(NCc1ncc(C(F)(F)F)cc1Cl)c1c(Cl)cccc1Cl. The van der Waals surface area contributed by atoms with Crippen LogP contribution in [0.3, 0.4) is 0 Å². The molecule has 2 aromatic carbocycles. The summed E-state index contributed by atoms with van der Waals surface area (Å²) in [5.41, 5.74) is 1.77. The van der Waals surface area contributed by atoms with E-state index in [9.17, 15) is 27.6 Å². The van der Waals surface area contributed by atoms with Gasteiger partial charge in [-0.3, -0.25) is 19.5 Å². The number of nitrogens with zero attached hydrogens (tertiary/aromatic N) is 2. The third-order valence-electron chi connectivity index (χ3n) is 6.00. The van der Waals surface area contributed by atoms with Crippen LogP contribution < -0.4 is 10.2 Å². The lowest BCUT2D eigenvalue weighted by Crippen LogP contribution is -2.46. The molecule has 3 rings (SSSR count). The normalized spacial score (nSPS) is 11.6. The topological polar surface area (TPSA) is 97.8 Å². The van der Waals surface area contributed by atoms with Crippen LogP contribution in [0.4, 0.5) is 18.9 Å². The molecular formula is C29H29Cl3F3N3O5. The number of amides is 2. The Labute approximate surface area is 262 Å². The molecule has 0 unspecified atom stereocenters. The van der Waals surface area contributed by atoms with Crippen molar-refractivity contribution in [3.63, 3.8) is 0 Å². The zero-order valence-electron chi connectivity index (χ0n) is 23.8. The van der Waals surface area contributed by atoms with Gasteiger partial charge in [-0.05, 0) is 50.1 Å². The molecule has 0 fully saturated rings. The van der Waals surface area contributed by atoms with E-state index in [1.54, 1.807) is 13.0 Å². The number of rotatable bonds is 8. The number of methoxy groups -OCH3 is 2. The van der Waals surface area contributed by atoms with Gasteiger partial charge in [-0.15, -0.1) is 0 Å². The second-order valence-electron chi connectivity index (χ2n) is 9.07. The number of alkyl halides is 3. The molecule has 0 saturated heterocycles. The van der Waals surface area contributed by atoms with Gasteiger partial charge in [0.05, 0.1) is 51.2 Å². The highest BCUT2D eigenvalue weighted by Crippen LogP contribution is 2.31. The lowest BCUT2D eigenvalue weighted by Gasteiger charge is -2.30. The van der Waals surface area contributed by atoms with Crippen LogP contribution in [-0.2, 0) is 31.8 Å². The summed E-state index contributed by atoms with van der Waals surface area (Å²) in [7, 11) is 2.76. The Morgan fingerprint density at radius 2 is 1.53 bits per heavy atom. The van der Waals surface area contributed by atoms with Crippen LogP contribution in [0.1, 0.15) is 39.7 Å². The molecule has 3 aromatic rings. The fourth-order valence-corrected chi connectivity index (χ4v) is 4.71. The first kappa shape index (κ1) is 35.8. The number of anilines is 1. The highest BCUT2D eigenvalue weighted by molar-refractivity contribution is 6.39. The molecule has 0 aliphatic heterocycles. The first-order chi connectivity index (χ1) is 20.1. The molecule has 0 aliphatic rings. The fraction of sp³-hybridized carbons (Fsp3) is 0.310. The quantitative estimate of drug-likeness (QED) is 0.266. The highest BCUT2D eigenvalue weighted by Gasteiger charge is 2.32. The van der Waals surface area contributed by atoms with E-state index in [1.807, 2.05) is 32.0 Å². The molecule has 0 saturated carbocycles. The molecule has 2 amide bonds. The van der Waals surface area contributed by atoms with Crippen LogP contribution in [0.2, 0.25) is 15.1 Å². The van der Waals surface area contributed by atoms with Gasteiger partial charge in [-0.25, -0.2) is 4.79 Å². The largest absolute Gasteiger partial charge is 0.467 e. The van der Waals surface area contributed by atoms with E-state index in [2.05, 4.69) is 10.3 Å². The van der Waals surface area contributed by atoms with Crippen molar-refractivity contribution < 1.29 is 37.0 Å². The van der Waals surface area contributed by atoms with Crippen molar-refractivity contribution in [3.8, 4) is 0 Å². The number of aryl methyl sites for hydroxylation is 2. The van der Waals surface area contributed by atoms with E-state index >= 15 is 0 Å². The first-order valence-electron chi connectivity index (χ1n) is 12.5. The number of carbonyl (C=O) groups excluding carboxylic acids is 3. The average molecular weight is 663 g/mol. The minimum Gasteiger partial charge on any atom is -0.467 e. The molecule has 0 aliphatic carbocycles. The smallest absolute Gasteiger partial charge is 0.417 e. The molecule has 8 nitrogen and oxygen atoms in total. The maximum atomic E-state index is 12.5. The molecule has 0 spiro atoms. The molecular weight excluding hydrogens is 634 g/mol. The Bertz CT molecular complexity index is 1430. The standard InChI is InChI=1S/C15H21NO4.C14H8Cl3F3N2O/c1-10-7-6-8-11(2)14(10)16(13(17)9-19-4)12(3)15(18)20-5;15-8-2-1-3-9(16)12(8)13(23)22-6-11-10(17)4-7(5-21-11)14(18,19)20/h6-8,12H,9H2,1-5H3;1-5H,6H2,(H,22,23)/t12-;/m1./s1. The van der Waals surface area contributed by atoms with E-state index in [0.29, 0.717) is 6.20 Å².